The second-order valence-corrected chi connectivity index (χ2v) is 13.4. The molecule has 2 fully saturated rings. The van der Waals surface area contributed by atoms with Gasteiger partial charge in [0, 0.05) is 48.0 Å². The maximum Gasteiger partial charge on any atom is 0.229 e. The fourth-order valence-corrected chi connectivity index (χ4v) is 6.34. The second kappa shape index (κ2) is 10.5. The maximum atomic E-state index is 14.8. The largest absolute Gasteiger partial charge is 0.484 e. The van der Waals surface area contributed by atoms with Crippen LogP contribution in [0.5, 0.6) is 5.75 Å². The molecule has 2 aliphatic heterocycles. The van der Waals surface area contributed by atoms with Gasteiger partial charge in [0.2, 0.25) is 16.0 Å². The number of rotatable bonds is 7. The van der Waals surface area contributed by atoms with Crippen LogP contribution >= 0.6 is 0 Å². The summed E-state index contributed by atoms with van der Waals surface area (Å²) in [7, 11) is -3.32. The highest BCUT2D eigenvalue weighted by atomic mass is 32.2. The summed E-state index contributed by atoms with van der Waals surface area (Å²) in [6, 6.07) is 2.04. The average molecular weight is 557 g/mol. The second-order valence-electron chi connectivity index (χ2n) is 11.4. The Morgan fingerprint density at radius 3 is 2.16 bits per heavy atom. The summed E-state index contributed by atoms with van der Waals surface area (Å²) < 4.78 is 74.3. The van der Waals surface area contributed by atoms with E-state index in [1.807, 2.05) is 0 Å². The molecule has 0 saturated carbocycles. The predicted octanol–water partition coefficient (Wildman–Crippen LogP) is 4.16. The van der Waals surface area contributed by atoms with E-state index in [1.165, 1.54) is 4.31 Å². The molecule has 2 aromatic rings. The molecule has 9 nitrogen and oxygen atoms in total. The Labute approximate surface area is 221 Å². The minimum Gasteiger partial charge on any atom is -0.484 e. The number of nitrogens with zero attached hydrogens (tertiary/aromatic N) is 3. The topological polar surface area (TPSA) is 108 Å². The fraction of sp³-hybridized carbons (Fsp3) is 0.600. The quantitative estimate of drug-likeness (QED) is 0.467. The number of hydrogen-bond donors (Lipinski definition) is 3. The lowest BCUT2D eigenvalue weighted by atomic mass is 9.79. The van der Waals surface area contributed by atoms with E-state index in [2.05, 4.69) is 53.6 Å². The molecule has 1 aromatic carbocycles. The third-order valence-corrected chi connectivity index (χ3v) is 7.99. The van der Waals surface area contributed by atoms with Crippen LogP contribution in [0, 0.1) is 17.5 Å². The van der Waals surface area contributed by atoms with E-state index < -0.39 is 39.3 Å². The Hall–Kier alpha value is -2.64. The van der Waals surface area contributed by atoms with E-state index in [4.69, 9.17) is 4.74 Å². The summed E-state index contributed by atoms with van der Waals surface area (Å²) in [5.74, 6) is -3.06. The SMILES string of the molecule is CC1(C)CC(Nc2nc(Nc3cc(F)c(OC4CCN(S(C)(=O)=O)CC4)c(F)c3)ncc2F)CC(C)(C)N1. The molecular weight excluding hydrogens is 521 g/mol. The summed E-state index contributed by atoms with van der Waals surface area (Å²) in [6.45, 7) is 8.78. The fourth-order valence-electron chi connectivity index (χ4n) is 5.47. The number of piperidine rings is 2. The number of nitrogens with one attached hydrogen (secondary N) is 3. The third kappa shape index (κ3) is 7.06. The number of ether oxygens (including phenoxy) is 1. The van der Waals surface area contributed by atoms with Gasteiger partial charge in [-0.05, 0) is 53.4 Å². The number of benzene rings is 1. The minimum absolute atomic E-state index is 0.00216. The molecule has 0 aliphatic carbocycles. The molecule has 1 aromatic heterocycles. The van der Waals surface area contributed by atoms with Gasteiger partial charge >= 0.3 is 0 Å². The number of sulfonamides is 1. The molecule has 0 bridgehead atoms. The van der Waals surface area contributed by atoms with Gasteiger partial charge < -0.3 is 20.7 Å². The zero-order valence-electron chi connectivity index (χ0n) is 22.2. The Bertz CT molecular complexity index is 1240. The van der Waals surface area contributed by atoms with Crippen LogP contribution in [-0.4, -0.2) is 65.3 Å². The Kier molecular flexibility index (Phi) is 7.84. The van der Waals surface area contributed by atoms with E-state index >= 15 is 0 Å². The van der Waals surface area contributed by atoms with Crippen LogP contribution in [0.1, 0.15) is 53.4 Å². The van der Waals surface area contributed by atoms with Crippen molar-refractivity contribution in [3.05, 3.63) is 35.8 Å². The van der Waals surface area contributed by atoms with E-state index in [0.29, 0.717) is 12.8 Å². The van der Waals surface area contributed by atoms with Gasteiger partial charge in [-0.2, -0.15) is 4.98 Å². The van der Waals surface area contributed by atoms with Crippen molar-refractivity contribution in [2.45, 2.75) is 76.6 Å². The molecule has 4 rings (SSSR count). The van der Waals surface area contributed by atoms with Gasteiger partial charge in [0.25, 0.3) is 0 Å². The van der Waals surface area contributed by atoms with Gasteiger partial charge in [0.05, 0.1) is 12.5 Å². The highest BCUT2D eigenvalue weighted by Gasteiger charge is 2.38. The normalized spacial score (nSPS) is 20.7. The summed E-state index contributed by atoms with van der Waals surface area (Å²) in [5, 5.41) is 9.46. The van der Waals surface area contributed by atoms with Crippen LogP contribution < -0.4 is 20.7 Å². The number of aromatic nitrogens is 2. The first-order valence-corrected chi connectivity index (χ1v) is 14.4. The van der Waals surface area contributed by atoms with Crippen LogP contribution in [0.2, 0.25) is 0 Å². The highest BCUT2D eigenvalue weighted by Crippen LogP contribution is 2.32. The zero-order valence-corrected chi connectivity index (χ0v) is 23.1. The molecule has 0 unspecified atom stereocenters. The molecule has 38 heavy (non-hydrogen) atoms. The van der Waals surface area contributed by atoms with Crippen LogP contribution in [0.25, 0.3) is 0 Å². The lowest BCUT2D eigenvalue weighted by Crippen LogP contribution is -2.60. The Balaban J connectivity index is 1.44. The van der Waals surface area contributed by atoms with Gasteiger partial charge in [-0.3, -0.25) is 0 Å². The first-order chi connectivity index (χ1) is 17.6. The predicted molar refractivity (Wildman–Crippen MR) is 140 cm³/mol. The third-order valence-electron chi connectivity index (χ3n) is 6.68. The first-order valence-electron chi connectivity index (χ1n) is 12.6. The monoisotopic (exact) mass is 556 g/mol. The molecule has 13 heteroatoms. The number of halogens is 3. The van der Waals surface area contributed by atoms with Crippen molar-refractivity contribution in [2.24, 2.45) is 0 Å². The van der Waals surface area contributed by atoms with E-state index in [-0.39, 0.29) is 47.7 Å². The van der Waals surface area contributed by atoms with Crippen molar-refractivity contribution in [1.82, 2.24) is 19.6 Å². The lowest BCUT2D eigenvalue weighted by molar-refractivity contribution is 0.125. The van der Waals surface area contributed by atoms with Crippen molar-refractivity contribution < 1.29 is 26.3 Å². The Morgan fingerprint density at radius 1 is 1.03 bits per heavy atom. The summed E-state index contributed by atoms with van der Waals surface area (Å²) >= 11 is 0. The highest BCUT2D eigenvalue weighted by molar-refractivity contribution is 7.88. The molecule has 0 spiro atoms. The van der Waals surface area contributed by atoms with Crippen molar-refractivity contribution in [1.29, 1.82) is 0 Å². The van der Waals surface area contributed by atoms with E-state index in [0.717, 1.165) is 37.4 Å². The first kappa shape index (κ1) is 28.4. The van der Waals surface area contributed by atoms with Gasteiger partial charge in [-0.1, -0.05) is 0 Å². The van der Waals surface area contributed by atoms with E-state index in [9.17, 15) is 21.6 Å². The molecule has 0 amide bonds. The molecular formula is C25H35F3N6O3S. The number of hydrogen-bond acceptors (Lipinski definition) is 8. The van der Waals surface area contributed by atoms with Crippen LogP contribution in [0.3, 0.4) is 0 Å². The van der Waals surface area contributed by atoms with Gasteiger partial charge in [0.15, 0.2) is 29.0 Å². The minimum atomic E-state index is -3.32. The summed E-state index contributed by atoms with van der Waals surface area (Å²) in [4.78, 5) is 8.11. The van der Waals surface area contributed by atoms with Crippen LogP contribution in [0.4, 0.5) is 30.6 Å². The van der Waals surface area contributed by atoms with Crippen molar-refractivity contribution in [3.63, 3.8) is 0 Å². The summed E-state index contributed by atoms with van der Waals surface area (Å²) in [6.07, 6.45) is 3.73. The van der Waals surface area contributed by atoms with Crippen LogP contribution in [-0.2, 0) is 10.0 Å². The standard InChI is InChI=1S/C25H35F3N6O3S/c1-24(2)12-16(13-25(3,4)33-24)30-22-20(28)14-29-23(32-22)31-15-10-18(26)21(19(27)11-15)37-17-6-8-34(9-7-17)38(5,35)36/h10-11,14,16-17,33H,6-9,12-13H2,1-5H3,(H2,29,30,31,32). The van der Waals surface area contributed by atoms with Gasteiger partial charge in [0.1, 0.15) is 6.10 Å². The summed E-state index contributed by atoms with van der Waals surface area (Å²) in [5.41, 5.74) is -0.290. The van der Waals surface area contributed by atoms with E-state index in [1.54, 1.807) is 0 Å². The van der Waals surface area contributed by atoms with Crippen molar-refractivity contribution in [2.75, 3.05) is 30.0 Å². The molecule has 0 atom stereocenters. The van der Waals surface area contributed by atoms with Crippen molar-refractivity contribution >= 4 is 27.5 Å². The van der Waals surface area contributed by atoms with Crippen LogP contribution in [0.15, 0.2) is 18.3 Å². The zero-order chi connectivity index (χ0) is 27.9. The van der Waals surface area contributed by atoms with Gasteiger partial charge in [-0.25, -0.2) is 30.9 Å². The van der Waals surface area contributed by atoms with Crippen molar-refractivity contribution in [3.8, 4) is 5.75 Å². The average Bonchev–Trinajstić information content (AvgIpc) is 2.76. The van der Waals surface area contributed by atoms with Gasteiger partial charge in [-0.15, -0.1) is 0 Å². The molecule has 3 heterocycles. The maximum absolute atomic E-state index is 14.8. The smallest absolute Gasteiger partial charge is 0.229 e. The molecule has 210 valence electrons. The number of anilines is 3. The molecule has 2 saturated heterocycles. The Morgan fingerprint density at radius 2 is 1.61 bits per heavy atom. The molecule has 2 aliphatic rings. The molecule has 3 N–H and O–H groups in total. The molecule has 0 radical (unpaired) electrons. The lowest BCUT2D eigenvalue weighted by Gasteiger charge is -2.46.